The normalized spacial score (nSPS) is 15.2. The number of urea groups is 1. The Balaban J connectivity index is 1.67. The number of amides is 3. The molecule has 1 heterocycles. The van der Waals surface area contributed by atoms with Crippen LogP contribution in [0, 0.1) is 30.2 Å². The second-order valence-electron chi connectivity index (χ2n) is 8.62. The minimum absolute atomic E-state index is 0.113. The molecule has 0 saturated carbocycles. The van der Waals surface area contributed by atoms with E-state index >= 15 is 0 Å². The topological polar surface area (TPSA) is 52.7 Å². The average Bonchev–Trinajstić information content (AvgIpc) is 2.83. The highest BCUT2D eigenvalue weighted by Gasteiger charge is 2.34. The van der Waals surface area contributed by atoms with Crippen molar-refractivity contribution in [2.24, 2.45) is 0 Å². The van der Waals surface area contributed by atoms with Crippen LogP contribution in [0.5, 0.6) is 0 Å². The Kier molecular flexibility index (Phi) is 6.95. The molecular weight excluding hydrogens is 498 g/mol. The summed E-state index contributed by atoms with van der Waals surface area (Å²) in [5.41, 5.74) is 1.23. The molecule has 3 aromatic rings. The van der Waals surface area contributed by atoms with Gasteiger partial charge in [-0.2, -0.15) is 0 Å². The van der Waals surface area contributed by atoms with E-state index in [0.717, 1.165) is 0 Å². The van der Waals surface area contributed by atoms with E-state index in [1.165, 1.54) is 28.0 Å². The molecule has 1 unspecified atom stereocenters. The zero-order valence-electron chi connectivity index (χ0n) is 19.6. The van der Waals surface area contributed by atoms with Crippen molar-refractivity contribution in [2.45, 2.75) is 33.0 Å². The van der Waals surface area contributed by atoms with Crippen molar-refractivity contribution in [1.29, 1.82) is 0 Å². The van der Waals surface area contributed by atoms with Crippen LogP contribution in [0.1, 0.15) is 45.6 Å². The van der Waals surface area contributed by atoms with E-state index in [1.807, 2.05) is 6.92 Å². The summed E-state index contributed by atoms with van der Waals surface area (Å²) in [6, 6.07) is 8.04. The molecule has 0 saturated heterocycles. The maximum atomic E-state index is 14.9. The van der Waals surface area contributed by atoms with Crippen molar-refractivity contribution in [2.75, 3.05) is 11.9 Å². The monoisotopic (exact) mass is 519 g/mol. The first-order valence-corrected chi connectivity index (χ1v) is 11.4. The lowest BCUT2D eigenvalue weighted by Gasteiger charge is -2.40. The first-order valence-electron chi connectivity index (χ1n) is 11.0. The largest absolute Gasteiger partial charge is 0.348 e. The Morgan fingerprint density at radius 3 is 2.36 bits per heavy atom. The van der Waals surface area contributed by atoms with Gasteiger partial charge in [-0.3, -0.25) is 9.69 Å². The Morgan fingerprint density at radius 1 is 1.03 bits per heavy atom. The van der Waals surface area contributed by atoms with Gasteiger partial charge in [0.2, 0.25) is 0 Å². The second-order valence-corrected chi connectivity index (χ2v) is 9.02. The van der Waals surface area contributed by atoms with Gasteiger partial charge < -0.3 is 10.2 Å². The van der Waals surface area contributed by atoms with Crippen LogP contribution in [0.2, 0.25) is 5.02 Å². The van der Waals surface area contributed by atoms with Gasteiger partial charge in [0.1, 0.15) is 23.3 Å². The van der Waals surface area contributed by atoms with Crippen LogP contribution in [0.4, 0.5) is 28.0 Å². The maximum absolute atomic E-state index is 14.9. The lowest BCUT2D eigenvalue weighted by Crippen LogP contribution is -2.46. The molecule has 0 radical (unpaired) electrons. The predicted molar refractivity (Wildman–Crippen MR) is 128 cm³/mol. The second kappa shape index (κ2) is 9.81. The molecular formula is C26H22ClF4N3O2. The van der Waals surface area contributed by atoms with Crippen molar-refractivity contribution >= 4 is 29.2 Å². The molecule has 3 aromatic carbocycles. The Hall–Kier alpha value is -3.59. The van der Waals surface area contributed by atoms with Crippen molar-refractivity contribution in [3.8, 4) is 0 Å². The van der Waals surface area contributed by atoms with Gasteiger partial charge in [-0.15, -0.1) is 0 Å². The zero-order valence-corrected chi connectivity index (χ0v) is 20.4. The van der Waals surface area contributed by atoms with Crippen LogP contribution in [0.15, 0.2) is 42.5 Å². The smallest absolute Gasteiger partial charge is 0.325 e. The summed E-state index contributed by atoms with van der Waals surface area (Å²) in [4.78, 5) is 28.8. The van der Waals surface area contributed by atoms with Gasteiger partial charge in [0.25, 0.3) is 5.91 Å². The fourth-order valence-electron chi connectivity index (χ4n) is 4.12. The number of nitrogens with one attached hydrogen (secondary N) is 1. The molecule has 36 heavy (non-hydrogen) atoms. The van der Waals surface area contributed by atoms with Crippen LogP contribution < -0.4 is 10.2 Å². The number of benzene rings is 3. The Bertz CT molecular complexity index is 1360. The van der Waals surface area contributed by atoms with E-state index in [4.69, 9.17) is 11.6 Å². The van der Waals surface area contributed by atoms with Crippen molar-refractivity contribution in [3.63, 3.8) is 0 Å². The third-order valence-electron chi connectivity index (χ3n) is 6.37. The van der Waals surface area contributed by atoms with Gasteiger partial charge in [0, 0.05) is 47.4 Å². The number of rotatable bonds is 5. The number of carbonyl (C=O) groups excluding carboxylic acids is 2. The molecule has 0 spiro atoms. The third kappa shape index (κ3) is 4.63. The molecule has 0 aromatic heterocycles. The first-order chi connectivity index (χ1) is 17.0. The molecule has 1 aliphatic heterocycles. The van der Waals surface area contributed by atoms with Crippen LogP contribution >= 0.6 is 11.6 Å². The lowest BCUT2D eigenvalue weighted by atomic mass is 9.98. The third-order valence-corrected chi connectivity index (χ3v) is 6.73. The molecule has 0 aliphatic carbocycles. The fourth-order valence-corrected chi connectivity index (χ4v) is 4.33. The number of halogens is 5. The van der Waals surface area contributed by atoms with Gasteiger partial charge in [0.05, 0.1) is 18.3 Å². The quantitative estimate of drug-likeness (QED) is 0.404. The average molecular weight is 520 g/mol. The van der Waals surface area contributed by atoms with Gasteiger partial charge in [0.15, 0.2) is 0 Å². The molecule has 0 fully saturated rings. The van der Waals surface area contributed by atoms with Gasteiger partial charge >= 0.3 is 6.03 Å². The standard InChI is InChI=1S/C26H22ClF4N3O2/c1-13-4-7-20(27)19(24(13)31)12-34-23-8-15(5-6-17(23)14(2)33(3)26(34)36)25(35)32-11-18-21(29)9-16(28)10-22(18)30/h4-10,14H,11-12H2,1-3H3,(H,32,35). The fraction of sp³-hybridized carbons (Fsp3) is 0.231. The van der Waals surface area contributed by atoms with Gasteiger partial charge in [-0.25, -0.2) is 22.4 Å². The van der Waals surface area contributed by atoms with E-state index in [-0.39, 0.29) is 28.7 Å². The van der Waals surface area contributed by atoms with Crippen molar-refractivity contribution in [3.05, 3.63) is 98.6 Å². The number of hydrogen-bond donors (Lipinski definition) is 1. The highest BCUT2D eigenvalue weighted by atomic mass is 35.5. The van der Waals surface area contributed by atoms with Gasteiger partial charge in [-0.05, 0) is 43.2 Å². The number of nitrogens with zero attached hydrogens (tertiary/aromatic N) is 2. The number of anilines is 1. The highest BCUT2D eigenvalue weighted by molar-refractivity contribution is 6.31. The Morgan fingerprint density at radius 2 is 1.69 bits per heavy atom. The number of hydrogen-bond acceptors (Lipinski definition) is 2. The molecule has 3 amide bonds. The number of aryl methyl sites for hydroxylation is 1. The van der Waals surface area contributed by atoms with Crippen LogP contribution in [-0.2, 0) is 13.1 Å². The minimum Gasteiger partial charge on any atom is -0.348 e. The molecule has 10 heteroatoms. The van der Waals surface area contributed by atoms with Gasteiger partial charge in [-0.1, -0.05) is 23.7 Å². The maximum Gasteiger partial charge on any atom is 0.325 e. The molecule has 1 aliphatic rings. The summed E-state index contributed by atoms with van der Waals surface area (Å²) in [6.45, 7) is 2.71. The van der Waals surface area contributed by atoms with E-state index in [2.05, 4.69) is 5.32 Å². The van der Waals surface area contributed by atoms with Crippen LogP contribution in [0.3, 0.4) is 0 Å². The van der Waals surface area contributed by atoms with E-state index in [0.29, 0.717) is 28.9 Å². The number of fused-ring (bicyclic) bond motifs is 1. The first kappa shape index (κ1) is 25.5. The molecule has 1 atom stereocenters. The van der Waals surface area contributed by atoms with Crippen molar-refractivity contribution < 1.29 is 27.2 Å². The van der Waals surface area contributed by atoms with Crippen LogP contribution in [0.25, 0.3) is 0 Å². The minimum atomic E-state index is -1.12. The van der Waals surface area contributed by atoms with Crippen molar-refractivity contribution in [1.82, 2.24) is 10.2 Å². The number of carbonyl (C=O) groups is 2. The summed E-state index contributed by atoms with van der Waals surface area (Å²) in [7, 11) is 1.61. The highest BCUT2D eigenvalue weighted by Crippen LogP contribution is 2.38. The molecule has 188 valence electrons. The van der Waals surface area contributed by atoms with Crippen LogP contribution in [-0.4, -0.2) is 23.9 Å². The predicted octanol–water partition coefficient (Wildman–Crippen LogP) is 6.27. The van der Waals surface area contributed by atoms with E-state index in [9.17, 15) is 27.2 Å². The molecule has 1 N–H and O–H groups in total. The summed E-state index contributed by atoms with van der Waals surface area (Å²) < 4.78 is 55.9. The zero-order chi connectivity index (χ0) is 26.3. The Labute approximate surface area is 210 Å². The lowest BCUT2D eigenvalue weighted by molar-refractivity contribution is 0.0950. The summed E-state index contributed by atoms with van der Waals surface area (Å²) in [5, 5.41) is 2.57. The summed E-state index contributed by atoms with van der Waals surface area (Å²) in [5.74, 6) is -4.51. The summed E-state index contributed by atoms with van der Waals surface area (Å²) >= 11 is 6.24. The van der Waals surface area contributed by atoms with E-state index in [1.54, 1.807) is 26.1 Å². The summed E-state index contributed by atoms with van der Waals surface area (Å²) in [6.07, 6.45) is 0. The molecule has 0 bridgehead atoms. The molecule has 5 nitrogen and oxygen atoms in total. The van der Waals surface area contributed by atoms with E-state index < -0.39 is 47.3 Å². The SMILES string of the molecule is Cc1ccc(Cl)c(CN2C(=O)N(C)C(C)c3ccc(C(=O)NCc4c(F)cc(F)cc4F)cc32)c1F. The molecule has 4 rings (SSSR count).